The van der Waals surface area contributed by atoms with Crippen LogP contribution in [-0.2, 0) is 0 Å². The Hall–Kier alpha value is -9.12. The number of fused-ring (bicyclic) bond motifs is 8. The summed E-state index contributed by atoms with van der Waals surface area (Å²) in [6.07, 6.45) is 0. The molecule has 0 N–H and O–H groups in total. The summed E-state index contributed by atoms with van der Waals surface area (Å²) in [5, 5.41) is 11.3. The summed E-state index contributed by atoms with van der Waals surface area (Å²) >= 11 is 0. The highest BCUT2D eigenvalue weighted by Gasteiger charge is 2.27. The summed E-state index contributed by atoms with van der Waals surface area (Å²) in [6.45, 7) is 26.3. The lowest BCUT2D eigenvalue weighted by molar-refractivity contribution is 0.672. The van der Waals surface area contributed by atoms with Crippen LogP contribution in [0.2, 0.25) is 0 Å². The lowest BCUT2D eigenvalue weighted by Crippen LogP contribution is -2.11. The summed E-state index contributed by atoms with van der Waals surface area (Å²) in [5.41, 5.74) is 29.4. The molecule has 390 valence electrons. The SMILES string of the molecule is Cc1cc(C)cc(-c2cc3c4oc5cc(N(c6cc(C)cc(C)c6)c6cc(C)cc(C)c6)ccc5c4cc4c(-c5cc(C)cc(C)c5)cc5c6oc7cc(N(c8cc(C)cc(C)c8)c8cc(C)cc(C)c8)ccc7c6cc2c5c43)c1. The van der Waals surface area contributed by atoms with E-state index in [1.165, 1.54) is 111 Å². The number of anilines is 6. The van der Waals surface area contributed by atoms with Crippen LogP contribution >= 0.6 is 0 Å². The molecule has 0 bridgehead atoms. The molecule has 0 saturated heterocycles. The third kappa shape index (κ3) is 8.19. The number of nitrogens with zero attached hydrogens (tertiary/aromatic N) is 2. The maximum Gasteiger partial charge on any atom is 0.143 e. The van der Waals surface area contributed by atoms with Gasteiger partial charge in [0.1, 0.15) is 22.3 Å². The van der Waals surface area contributed by atoms with E-state index in [0.717, 1.165) is 88.8 Å². The second-order valence-corrected chi connectivity index (χ2v) is 23.7. The number of benzene rings is 12. The molecule has 0 spiro atoms. The lowest BCUT2D eigenvalue weighted by atomic mass is 9.83. The van der Waals surface area contributed by atoms with Crippen molar-refractivity contribution in [3.63, 3.8) is 0 Å². The van der Waals surface area contributed by atoms with E-state index in [9.17, 15) is 0 Å². The maximum atomic E-state index is 7.41. The second-order valence-electron chi connectivity index (χ2n) is 23.7. The molecule has 2 aromatic heterocycles. The molecule has 80 heavy (non-hydrogen) atoms. The average molecular weight is 1040 g/mol. The van der Waals surface area contributed by atoms with Gasteiger partial charge in [0.15, 0.2) is 0 Å². The molecule has 4 heteroatoms. The number of rotatable bonds is 8. The van der Waals surface area contributed by atoms with Crippen LogP contribution in [0.1, 0.15) is 66.8 Å². The van der Waals surface area contributed by atoms with Crippen LogP contribution in [0.5, 0.6) is 0 Å². The number of hydrogen-bond acceptors (Lipinski definition) is 4. The summed E-state index contributed by atoms with van der Waals surface area (Å²) in [7, 11) is 0. The normalized spacial score (nSPS) is 12.0. The van der Waals surface area contributed by atoms with Gasteiger partial charge in [-0.2, -0.15) is 0 Å². The third-order valence-electron chi connectivity index (χ3n) is 16.4. The monoisotopic (exact) mass is 1040 g/mol. The van der Waals surface area contributed by atoms with Crippen molar-refractivity contribution in [3.8, 4) is 22.3 Å². The molecule has 0 unspecified atom stereocenters. The highest BCUT2D eigenvalue weighted by atomic mass is 16.3. The van der Waals surface area contributed by atoms with Gasteiger partial charge in [0.25, 0.3) is 0 Å². The van der Waals surface area contributed by atoms with E-state index >= 15 is 0 Å². The third-order valence-corrected chi connectivity index (χ3v) is 16.4. The Morgan fingerprint density at radius 3 is 0.787 bits per heavy atom. The fraction of sp³-hybridized carbons (Fsp3) is 0.158. The van der Waals surface area contributed by atoms with Crippen LogP contribution in [0.3, 0.4) is 0 Å². The Morgan fingerprint density at radius 1 is 0.225 bits per heavy atom. The van der Waals surface area contributed by atoms with Crippen LogP contribution in [0.25, 0.3) is 98.4 Å². The molecule has 0 atom stereocenters. The van der Waals surface area contributed by atoms with Gasteiger partial charge in [0, 0.05) is 89.3 Å². The minimum atomic E-state index is 0.846. The lowest BCUT2D eigenvalue weighted by Gasteiger charge is -2.27. The summed E-state index contributed by atoms with van der Waals surface area (Å²) in [4.78, 5) is 4.77. The second kappa shape index (κ2) is 18.2. The molecule has 12 aromatic carbocycles. The first-order valence-electron chi connectivity index (χ1n) is 28.1. The molecule has 2 heterocycles. The molecular weight excluding hydrogens is 973 g/mol. The highest BCUT2D eigenvalue weighted by molar-refractivity contribution is 6.38. The van der Waals surface area contributed by atoms with Crippen molar-refractivity contribution in [2.24, 2.45) is 0 Å². The van der Waals surface area contributed by atoms with Gasteiger partial charge in [-0.1, -0.05) is 82.9 Å². The predicted octanol–water partition coefficient (Wildman–Crippen LogP) is 22.4. The van der Waals surface area contributed by atoms with Gasteiger partial charge in [0.2, 0.25) is 0 Å². The van der Waals surface area contributed by atoms with Crippen molar-refractivity contribution in [1.29, 1.82) is 0 Å². The topological polar surface area (TPSA) is 32.8 Å². The van der Waals surface area contributed by atoms with Crippen LogP contribution in [0.4, 0.5) is 34.1 Å². The Balaban J connectivity index is 1.08. The Morgan fingerprint density at radius 2 is 0.500 bits per heavy atom. The van der Waals surface area contributed by atoms with E-state index in [0.29, 0.717) is 0 Å². The molecular formula is C76H64N2O2. The van der Waals surface area contributed by atoms with Gasteiger partial charge in [-0.25, -0.2) is 0 Å². The van der Waals surface area contributed by atoms with Crippen LogP contribution < -0.4 is 9.80 Å². The molecule has 0 fully saturated rings. The standard InChI is InChI=1S/C76H64N2O2/c1-41-17-42(2)24-53(23-41)63-37-69-74-66(40-68-62-16-14-56(36-72(62)79-75(68)69)78(59-31-49(9)21-50(10)32-59)60-33-51(11)22-52(12)34-60)64(54-25-43(3)18-44(4)26-54)38-70-73(74)65(63)39-67-61-15-13-55(35-71(61)80-76(67)70)77(57-27-45(5)19-46(6)28-57)58-29-47(7)20-48(8)30-58/h13-40H,1-12H3. The minimum absolute atomic E-state index is 0.846. The van der Waals surface area contributed by atoms with Crippen molar-refractivity contribution in [2.75, 3.05) is 9.80 Å². The molecule has 14 rings (SSSR count). The van der Waals surface area contributed by atoms with E-state index < -0.39 is 0 Å². The Kier molecular flexibility index (Phi) is 11.2. The van der Waals surface area contributed by atoms with Crippen molar-refractivity contribution >= 4 is 110 Å². The molecule has 0 aliphatic carbocycles. The van der Waals surface area contributed by atoms with Crippen molar-refractivity contribution in [3.05, 3.63) is 237 Å². The van der Waals surface area contributed by atoms with Gasteiger partial charge in [-0.3, -0.25) is 0 Å². The fourth-order valence-corrected chi connectivity index (χ4v) is 13.8. The molecule has 0 aliphatic heterocycles. The summed E-state index contributed by atoms with van der Waals surface area (Å²) in [6, 6.07) is 64.5. The Bertz CT molecular complexity index is 4390. The first-order chi connectivity index (χ1) is 38.5. The number of aryl methyl sites for hydroxylation is 12. The fourth-order valence-electron chi connectivity index (χ4n) is 13.8. The summed E-state index contributed by atoms with van der Waals surface area (Å²) in [5.74, 6) is 0. The van der Waals surface area contributed by atoms with Crippen molar-refractivity contribution in [2.45, 2.75) is 83.1 Å². The zero-order valence-electron chi connectivity index (χ0n) is 47.9. The van der Waals surface area contributed by atoms with Gasteiger partial charge in [-0.15, -0.1) is 0 Å². The van der Waals surface area contributed by atoms with Crippen molar-refractivity contribution in [1.82, 2.24) is 0 Å². The van der Waals surface area contributed by atoms with Gasteiger partial charge in [0.05, 0.1) is 0 Å². The largest absolute Gasteiger partial charge is 0.455 e. The first-order valence-corrected chi connectivity index (χ1v) is 28.1. The van der Waals surface area contributed by atoms with E-state index in [4.69, 9.17) is 8.83 Å². The van der Waals surface area contributed by atoms with Gasteiger partial charge < -0.3 is 18.6 Å². The van der Waals surface area contributed by atoms with Crippen LogP contribution in [-0.4, -0.2) is 0 Å². The Labute approximate surface area is 468 Å². The van der Waals surface area contributed by atoms with Crippen molar-refractivity contribution < 1.29 is 8.83 Å². The highest BCUT2D eigenvalue weighted by Crippen LogP contribution is 2.52. The molecule has 4 nitrogen and oxygen atoms in total. The average Bonchev–Trinajstić information content (AvgIpc) is 4.14. The molecule has 0 aliphatic rings. The molecule has 14 aromatic rings. The van der Waals surface area contributed by atoms with Crippen LogP contribution in [0.15, 0.2) is 179 Å². The minimum Gasteiger partial charge on any atom is -0.455 e. The number of furan rings is 2. The zero-order chi connectivity index (χ0) is 55.2. The zero-order valence-corrected chi connectivity index (χ0v) is 47.9. The van der Waals surface area contributed by atoms with E-state index in [2.05, 4.69) is 263 Å². The molecule has 0 saturated carbocycles. The summed E-state index contributed by atoms with van der Waals surface area (Å²) < 4.78 is 14.8. The van der Waals surface area contributed by atoms with E-state index in [-0.39, 0.29) is 0 Å². The predicted molar refractivity (Wildman–Crippen MR) is 342 cm³/mol. The quantitative estimate of drug-likeness (QED) is 0.142. The van der Waals surface area contributed by atoms with Gasteiger partial charge in [-0.05, 0) is 258 Å². The number of hydrogen-bond donors (Lipinski definition) is 0. The smallest absolute Gasteiger partial charge is 0.143 e. The first kappa shape index (κ1) is 49.2. The van der Waals surface area contributed by atoms with Crippen LogP contribution in [0, 0.1) is 83.1 Å². The van der Waals surface area contributed by atoms with E-state index in [1.807, 2.05) is 0 Å². The van der Waals surface area contributed by atoms with Gasteiger partial charge >= 0.3 is 0 Å². The molecule has 0 amide bonds. The van der Waals surface area contributed by atoms with E-state index in [1.54, 1.807) is 0 Å². The maximum absolute atomic E-state index is 7.41. The molecule has 0 radical (unpaired) electrons.